The van der Waals surface area contributed by atoms with Gasteiger partial charge in [-0.25, -0.2) is 13.2 Å². The Hall–Kier alpha value is -0.660. The van der Waals surface area contributed by atoms with Crippen LogP contribution >= 0.6 is 0 Å². The number of rotatable bonds is 5. The molecule has 2 rings (SSSR count). The smallest absolute Gasteiger partial charge is 0.332 e. The Bertz CT molecular complexity index is 408. The lowest BCUT2D eigenvalue weighted by atomic mass is 10.1. The number of sulfone groups is 1. The van der Waals surface area contributed by atoms with Crippen LogP contribution in [0.25, 0.3) is 0 Å². The number of carbonyl (C=O) groups is 1. The normalized spacial score (nSPS) is 34.8. The van der Waals surface area contributed by atoms with Gasteiger partial charge in [0.05, 0.1) is 17.6 Å². The summed E-state index contributed by atoms with van der Waals surface area (Å²) in [5.74, 6) is -0.157. The molecule has 7 heteroatoms. The van der Waals surface area contributed by atoms with E-state index in [9.17, 15) is 13.2 Å². The molecular formula is C11H19NO5S. The minimum atomic E-state index is -2.81. The third-order valence-corrected chi connectivity index (χ3v) is 5.35. The predicted octanol–water partition coefficient (Wildman–Crippen LogP) is -0.357. The molecule has 0 aromatic rings. The van der Waals surface area contributed by atoms with Crippen LogP contribution in [0, 0.1) is 5.92 Å². The van der Waals surface area contributed by atoms with Crippen LogP contribution < -0.4 is 5.32 Å². The van der Waals surface area contributed by atoms with Gasteiger partial charge in [-0.05, 0) is 31.7 Å². The van der Waals surface area contributed by atoms with E-state index in [0.29, 0.717) is 25.3 Å². The maximum Gasteiger partial charge on any atom is 0.332 e. The van der Waals surface area contributed by atoms with Gasteiger partial charge in [0.1, 0.15) is 0 Å². The number of nitrogens with one attached hydrogen (secondary N) is 1. The molecule has 18 heavy (non-hydrogen) atoms. The molecule has 0 radical (unpaired) electrons. The number of hydrogen-bond acceptors (Lipinski definition) is 5. The second kappa shape index (κ2) is 5.54. The molecule has 6 nitrogen and oxygen atoms in total. The average molecular weight is 277 g/mol. The van der Waals surface area contributed by atoms with Crippen LogP contribution in [-0.2, 0) is 19.4 Å². The van der Waals surface area contributed by atoms with E-state index < -0.39 is 21.9 Å². The SMILES string of the molecule is O=C(O)C1CCC(CNCC2CCS(=O)(=O)C2)O1. The zero-order valence-electron chi connectivity index (χ0n) is 10.2. The van der Waals surface area contributed by atoms with Gasteiger partial charge in [-0.2, -0.15) is 0 Å². The Balaban J connectivity index is 1.64. The first kappa shape index (κ1) is 13.8. The monoisotopic (exact) mass is 277 g/mol. The molecular weight excluding hydrogens is 258 g/mol. The fraction of sp³-hybridized carbons (Fsp3) is 0.909. The van der Waals surface area contributed by atoms with E-state index in [1.165, 1.54) is 0 Å². The standard InChI is InChI=1S/C11H19NO5S/c13-11(14)10-2-1-9(17-10)6-12-5-8-3-4-18(15,16)7-8/h8-10,12H,1-7H2,(H,13,14). The third-order valence-electron chi connectivity index (χ3n) is 3.51. The van der Waals surface area contributed by atoms with E-state index in [-0.39, 0.29) is 17.8 Å². The van der Waals surface area contributed by atoms with Crippen LogP contribution in [0.2, 0.25) is 0 Å². The summed E-state index contributed by atoms with van der Waals surface area (Å²) in [6.07, 6.45) is 1.28. The molecule has 3 unspecified atom stereocenters. The molecule has 2 aliphatic heterocycles. The molecule has 0 bridgehead atoms. The molecule has 2 N–H and O–H groups in total. The first-order valence-electron chi connectivity index (χ1n) is 6.26. The van der Waals surface area contributed by atoms with Gasteiger partial charge >= 0.3 is 5.97 Å². The van der Waals surface area contributed by atoms with E-state index in [1.807, 2.05) is 0 Å². The van der Waals surface area contributed by atoms with Crippen LogP contribution in [0.3, 0.4) is 0 Å². The summed E-state index contributed by atoms with van der Waals surface area (Å²) in [5.41, 5.74) is 0. The highest BCUT2D eigenvalue weighted by Crippen LogP contribution is 2.20. The summed E-state index contributed by atoms with van der Waals surface area (Å²) in [6, 6.07) is 0. The molecule has 0 aromatic carbocycles. The Morgan fingerprint density at radius 2 is 2.06 bits per heavy atom. The van der Waals surface area contributed by atoms with Crippen LogP contribution in [0.5, 0.6) is 0 Å². The second-order valence-corrected chi connectivity index (χ2v) is 7.32. The fourth-order valence-electron chi connectivity index (χ4n) is 2.52. The van der Waals surface area contributed by atoms with Crippen molar-refractivity contribution in [3.8, 4) is 0 Å². The molecule has 2 aliphatic rings. The molecule has 104 valence electrons. The number of carboxylic acids is 1. The largest absolute Gasteiger partial charge is 0.479 e. The molecule has 0 spiro atoms. The van der Waals surface area contributed by atoms with Gasteiger partial charge in [0.25, 0.3) is 0 Å². The molecule has 2 fully saturated rings. The Kier molecular flexibility index (Phi) is 4.24. The zero-order valence-corrected chi connectivity index (χ0v) is 11.0. The summed E-state index contributed by atoms with van der Waals surface area (Å²) in [4.78, 5) is 10.7. The summed E-state index contributed by atoms with van der Waals surface area (Å²) >= 11 is 0. The minimum absolute atomic E-state index is 0.0656. The average Bonchev–Trinajstić information content (AvgIpc) is 2.86. The van der Waals surface area contributed by atoms with Crippen molar-refractivity contribution in [2.45, 2.75) is 31.5 Å². The van der Waals surface area contributed by atoms with Crippen LogP contribution in [0.15, 0.2) is 0 Å². The van der Waals surface area contributed by atoms with Gasteiger partial charge in [0, 0.05) is 6.54 Å². The van der Waals surface area contributed by atoms with Gasteiger partial charge in [-0.1, -0.05) is 0 Å². The van der Waals surface area contributed by atoms with Crippen molar-refractivity contribution in [3.63, 3.8) is 0 Å². The van der Waals surface area contributed by atoms with Crippen molar-refractivity contribution < 1.29 is 23.1 Å². The van der Waals surface area contributed by atoms with Crippen molar-refractivity contribution in [2.24, 2.45) is 5.92 Å². The Morgan fingerprint density at radius 3 is 2.61 bits per heavy atom. The van der Waals surface area contributed by atoms with Gasteiger partial charge in [-0.15, -0.1) is 0 Å². The van der Waals surface area contributed by atoms with E-state index >= 15 is 0 Å². The number of ether oxygens (including phenoxy) is 1. The van der Waals surface area contributed by atoms with Crippen molar-refractivity contribution in [1.82, 2.24) is 5.32 Å². The summed E-state index contributed by atoms with van der Waals surface area (Å²) in [6.45, 7) is 1.26. The van der Waals surface area contributed by atoms with E-state index in [4.69, 9.17) is 9.84 Å². The Labute approximate surface area is 107 Å². The molecule has 3 atom stereocenters. The molecule has 2 saturated heterocycles. The molecule has 0 aromatic heterocycles. The lowest BCUT2D eigenvalue weighted by Crippen LogP contribution is -2.32. The van der Waals surface area contributed by atoms with Crippen molar-refractivity contribution >= 4 is 15.8 Å². The first-order chi connectivity index (χ1) is 8.46. The number of hydrogen-bond donors (Lipinski definition) is 2. The van der Waals surface area contributed by atoms with Crippen molar-refractivity contribution in [3.05, 3.63) is 0 Å². The molecule has 0 amide bonds. The topological polar surface area (TPSA) is 92.7 Å². The highest BCUT2D eigenvalue weighted by molar-refractivity contribution is 7.91. The number of aliphatic carboxylic acids is 1. The maximum atomic E-state index is 11.3. The van der Waals surface area contributed by atoms with Crippen LogP contribution in [0.4, 0.5) is 0 Å². The number of carboxylic acid groups (broad SMARTS) is 1. The lowest BCUT2D eigenvalue weighted by Gasteiger charge is -2.14. The Morgan fingerprint density at radius 1 is 1.28 bits per heavy atom. The van der Waals surface area contributed by atoms with Gasteiger partial charge < -0.3 is 15.2 Å². The third kappa shape index (κ3) is 3.66. The summed E-state index contributed by atoms with van der Waals surface area (Å²) in [7, 11) is -2.81. The highest BCUT2D eigenvalue weighted by atomic mass is 32.2. The van der Waals surface area contributed by atoms with Crippen molar-refractivity contribution in [2.75, 3.05) is 24.6 Å². The second-order valence-electron chi connectivity index (χ2n) is 5.09. The van der Waals surface area contributed by atoms with Gasteiger partial charge in [0.2, 0.25) is 0 Å². The van der Waals surface area contributed by atoms with E-state index in [1.54, 1.807) is 0 Å². The van der Waals surface area contributed by atoms with Crippen LogP contribution in [0.1, 0.15) is 19.3 Å². The quantitative estimate of drug-likeness (QED) is 0.713. The van der Waals surface area contributed by atoms with Gasteiger partial charge in [-0.3, -0.25) is 0 Å². The molecule has 0 saturated carbocycles. The maximum absolute atomic E-state index is 11.3. The minimum Gasteiger partial charge on any atom is -0.479 e. The summed E-state index contributed by atoms with van der Waals surface area (Å²) < 4.78 is 27.9. The van der Waals surface area contributed by atoms with E-state index in [0.717, 1.165) is 12.8 Å². The van der Waals surface area contributed by atoms with E-state index in [2.05, 4.69) is 5.32 Å². The van der Waals surface area contributed by atoms with Gasteiger partial charge in [0.15, 0.2) is 15.9 Å². The van der Waals surface area contributed by atoms with Crippen molar-refractivity contribution in [1.29, 1.82) is 0 Å². The molecule has 2 heterocycles. The van der Waals surface area contributed by atoms with Crippen LogP contribution in [-0.4, -0.2) is 56.3 Å². The summed E-state index contributed by atoms with van der Waals surface area (Å²) in [5, 5.41) is 12.0. The lowest BCUT2D eigenvalue weighted by molar-refractivity contribution is -0.149. The predicted molar refractivity (Wildman–Crippen MR) is 65.2 cm³/mol. The highest BCUT2D eigenvalue weighted by Gasteiger charge is 2.31. The fourth-order valence-corrected chi connectivity index (χ4v) is 4.38. The zero-order chi connectivity index (χ0) is 13.2. The molecule has 0 aliphatic carbocycles. The first-order valence-corrected chi connectivity index (χ1v) is 8.08.